The second-order valence-electron chi connectivity index (χ2n) is 4.08. The fraction of sp³-hybridized carbons (Fsp3) is 0.214. The highest BCUT2D eigenvalue weighted by Gasteiger charge is 2.19. The summed E-state index contributed by atoms with van der Waals surface area (Å²) in [7, 11) is 0. The lowest BCUT2D eigenvalue weighted by molar-refractivity contribution is 0.333. The minimum absolute atomic E-state index is 0.253. The molecule has 1 aromatic carbocycles. The molecule has 0 saturated heterocycles. The molecule has 0 bridgehead atoms. The SMILES string of the molecule is CCOc1ccccc1C(NN)c1cnccc1N. The van der Waals surface area contributed by atoms with Gasteiger partial charge in [-0.25, -0.2) is 5.43 Å². The third-order valence-electron chi connectivity index (χ3n) is 2.89. The highest BCUT2D eigenvalue weighted by atomic mass is 16.5. The van der Waals surface area contributed by atoms with E-state index in [2.05, 4.69) is 10.4 Å². The van der Waals surface area contributed by atoms with Crippen LogP contribution in [0.2, 0.25) is 0 Å². The molecule has 0 fully saturated rings. The number of pyridine rings is 1. The van der Waals surface area contributed by atoms with Gasteiger partial charge in [-0.05, 0) is 19.1 Å². The number of hydrogen-bond donors (Lipinski definition) is 3. The van der Waals surface area contributed by atoms with Crippen molar-refractivity contribution in [3.8, 4) is 5.75 Å². The monoisotopic (exact) mass is 258 g/mol. The van der Waals surface area contributed by atoms with Crippen LogP contribution >= 0.6 is 0 Å². The molecule has 0 aliphatic carbocycles. The molecular formula is C14H18N4O. The first kappa shape index (κ1) is 13.3. The summed E-state index contributed by atoms with van der Waals surface area (Å²) >= 11 is 0. The zero-order valence-corrected chi connectivity index (χ0v) is 10.8. The van der Waals surface area contributed by atoms with Crippen LogP contribution in [0.4, 0.5) is 5.69 Å². The van der Waals surface area contributed by atoms with Crippen LogP contribution in [0, 0.1) is 0 Å². The Bertz CT molecular complexity index is 544. The summed E-state index contributed by atoms with van der Waals surface area (Å²) in [5.74, 6) is 6.47. The van der Waals surface area contributed by atoms with E-state index in [1.807, 2.05) is 31.2 Å². The van der Waals surface area contributed by atoms with Crippen molar-refractivity contribution in [2.24, 2.45) is 5.84 Å². The lowest BCUT2D eigenvalue weighted by Gasteiger charge is -2.20. The number of hydrazine groups is 1. The number of nitrogens with one attached hydrogen (secondary N) is 1. The second kappa shape index (κ2) is 6.17. The van der Waals surface area contributed by atoms with Crippen molar-refractivity contribution in [2.75, 3.05) is 12.3 Å². The van der Waals surface area contributed by atoms with Crippen LogP contribution in [-0.4, -0.2) is 11.6 Å². The average molecular weight is 258 g/mol. The topological polar surface area (TPSA) is 86.2 Å². The summed E-state index contributed by atoms with van der Waals surface area (Å²) in [6, 6.07) is 9.24. The van der Waals surface area contributed by atoms with E-state index in [0.717, 1.165) is 16.9 Å². The van der Waals surface area contributed by atoms with Crippen LogP contribution in [0.1, 0.15) is 24.1 Å². The van der Waals surface area contributed by atoms with Crippen molar-refractivity contribution in [2.45, 2.75) is 13.0 Å². The van der Waals surface area contributed by atoms with Gasteiger partial charge >= 0.3 is 0 Å². The predicted molar refractivity (Wildman–Crippen MR) is 75.4 cm³/mol. The standard InChI is InChI=1S/C14H18N4O/c1-2-19-13-6-4-3-5-10(13)14(18-16)11-9-17-8-7-12(11)15/h3-9,14,18H,2,16H2,1H3,(H2,15,17). The Balaban J connectivity index is 2.45. The molecule has 1 aromatic heterocycles. The number of ether oxygens (including phenoxy) is 1. The number of para-hydroxylation sites is 1. The first-order valence-electron chi connectivity index (χ1n) is 6.15. The number of anilines is 1. The van der Waals surface area contributed by atoms with E-state index in [4.69, 9.17) is 16.3 Å². The number of nitrogens with two attached hydrogens (primary N) is 2. The van der Waals surface area contributed by atoms with Crippen LogP contribution in [0.25, 0.3) is 0 Å². The molecule has 0 spiro atoms. The lowest BCUT2D eigenvalue weighted by Crippen LogP contribution is -2.30. The minimum atomic E-state index is -0.253. The molecule has 19 heavy (non-hydrogen) atoms. The van der Waals surface area contributed by atoms with Crippen molar-refractivity contribution in [3.63, 3.8) is 0 Å². The van der Waals surface area contributed by atoms with Gasteiger partial charge in [0.05, 0.1) is 12.6 Å². The molecule has 5 heteroatoms. The van der Waals surface area contributed by atoms with Gasteiger partial charge in [0.15, 0.2) is 0 Å². The zero-order chi connectivity index (χ0) is 13.7. The molecule has 0 aliphatic heterocycles. The van der Waals surface area contributed by atoms with E-state index < -0.39 is 0 Å². The molecule has 100 valence electrons. The Labute approximate surface area is 112 Å². The fourth-order valence-electron chi connectivity index (χ4n) is 2.01. The summed E-state index contributed by atoms with van der Waals surface area (Å²) in [6.07, 6.45) is 3.36. The van der Waals surface area contributed by atoms with Crippen molar-refractivity contribution in [3.05, 3.63) is 53.9 Å². The maximum absolute atomic E-state index is 5.98. The van der Waals surface area contributed by atoms with E-state index in [1.54, 1.807) is 18.5 Å². The molecule has 2 rings (SSSR count). The van der Waals surface area contributed by atoms with Crippen LogP contribution in [0.5, 0.6) is 5.75 Å². The molecule has 2 aromatic rings. The first-order valence-corrected chi connectivity index (χ1v) is 6.15. The van der Waals surface area contributed by atoms with E-state index in [9.17, 15) is 0 Å². The van der Waals surface area contributed by atoms with Gasteiger partial charge < -0.3 is 10.5 Å². The van der Waals surface area contributed by atoms with E-state index in [0.29, 0.717) is 12.3 Å². The van der Waals surface area contributed by atoms with Crippen LogP contribution in [0.3, 0.4) is 0 Å². The van der Waals surface area contributed by atoms with Crippen LogP contribution < -0.4 is 21.7 Å². The molecule has 5 N–H and O–H groups in total. The number of aromatic nitrogens is 1. The van der Waals surface area contributed by atoms with Gasteiger partial charge in [-0.1, -0.05) is 18.2 Å². The van der Waals surface area contributed by atoms with Gasteiger partial charge in [0.25, 0.3) is 0 Å². The minimum Gasteiger partial charge on any atom is -0.494 e. The predicted octanol–water partition coefficient (Wildman–Crippen LogP) is 1.62. The Morgan fingerprint density at radius 2 is 2.05 bits per heavy atom. The van der Waals surface area contributed by atoms with Gasteiger partial charge in [-0.15, -0.1) is 0 Å². The smallest absolute Gasteiger partial charge is 0.124 e. The third-order valence-corrected chi connectivity index (χ3v) is 2.89. The second-order valence-corrected chi connectivity index (χ2v) is 4.08. The van der Waals surface area contributed by atoms with Gasteiger partial charge in [0, 0.05) is 29.2 Å². The van der Waals surface area contributed by atoms with Gasteiger partial charge in [-0.2, -0.15) is 0 Å². The summed E-state index contributed by atoms with van der Waals surface area (Å²) in [5, 5.41) is 0. The van der Waals surface area contributed by atoms with E-state index in [1.165, 1.54) is 0 Å². The normalized spacial score (nSPS) is 12.1. The molecule has 0 aliphatic rings. The fourth-order valence-corrected chi connectivity index (χ4v) is 2.01. The molecule has 1 unspecified atom stereocenters. The Morgan fingerprint density at radius 3 is 2.74 bits per heavy atom. The van der Waals surface area contributed by atoms with Crippen molar-refractivity contribution < 1.29 is 4.74 Å². The number of rotatable bonds is 5. The number of benzene rings is 1. The van der Waals surface area contributed by atoms with E-state index in [-0.39, 0.29) is 6.04 Å². The average Bonchev–Trinajstić information content (AvgIpc) is 2.44. The number of nitrogen functional groups attached to an aromatic ring is 1. The Kier molecular flexibility index (Phi) is 4.33. The molecule has 5 nitrogen and oxygen atoms in total. The maximum atomic E-state index is 5.98. The summed E-state index contributed by atoms with van der Waals surface area (Å²) < 4.78 is 5.62. The summed E-state index contributed by atoms with van der Waals surface area (Å²) in [4.78, 5) is 4.10. The maximum Gasteiger partial charge on any atom is 0.124 e. The highest BCUT2D eigenvalue weighted by Crippen LogP contribution is 2.31. The van der Waals surface area contributed by atoms with Gasteiger partial charge in [-0.3, -0.25) is 10.8 Å². The zero-order valence-electron chi connectivity index (χ0n) is 10.8. The Hall–Kier alpha value is -2.11. The molecule has 0 saturated carbocycles. The summed E-state index contributed by atoms with van der Waals surface area (Å²) in [5.41, 5.74) is 11.2. The third kappa shape index (κ3) is 2.83. The highest BCUT2D eigenvalue weighted by molar-refractivity contribution is 5.52. The molecule has 1 heterocycles. The summed E-state index contributed by atoms with van der Waals surface area (Å²) in [6.45, 7) is 2.54. The van der Waals surface area contributed by atoms with Gasteiger partial charge in [0.2, 0.25) is 0 Å². The number of nitrogens with zero attached hydrogens (tertiary/aromatic N) is 1. The number of hydrogen-bond acceptors (Lipinski definition) is 5. The van der Waals surface area contributed by atoms with Crippen LogP contribution in [0.15, 0.2) is 42.7 Å². The lowest BCUT2D eigenvalue weighted by atomic mass is 9.98. The van der Waals surface area contributed by atoms with Crippen molar-refractivity contribution in [1.82, 2.24) is 10.4 Å². The Morgan fingerprint density at radius 1 is 1.26 bits per heavy atom. The first-order chi connectivity index (χ1) is 9.27. The van der Waals surface area contributed by atoms with Crippen molar-refractivity contribution >= 4 is 5.69 Å². The molecule has 0 radical (unpaired) electrons. The quantitative estimate of drug-likeness (QED) is 0.560. The van der Waals surface area contributed by atoms with Crippen LogP contribution in [-0.2, 0) is 0 Å². The van der Waals surface area contributed by atoms with Crippen molar-refractivity contribution in [1.29, 1.82) is 0 Å². The van der Waals surface area contributed by atoms with Gasteiger partial charge in [0.1, 0.15) is 5.75 Å². The molecular weight excluding hydrogens is 240 g/mol. The van der Waals surface area contributed by atoms with E-state index >= 15 is 0 Å². The molecule has 0 amide bonds. The largest absolute Gasteiger partial charge is 0.494 e. The molecule has 1 atom stereocenters.